The molecule has 0 aliphatic carbocycles. The van der Waals surface area contributed by atoms with Crippen LogP contribution in [0.1, 0.15) is 23.0 Å². The first kappa shape index (κ1) is 14.8. The molecule has 0 unspecified atom stereocenters. The molecule has 21 heavy (non-hydrogen) atoms. The van der Waals surface area contributed by atoms with Crippen molar-refractivity contribution in [3.05, 3.63) is 53.5 Å². The molecule has 0 saturated carbocycles. The summed E-state index contributed by atoms with van der Waals surface area (Å²) in [5, 5.41) is 5.41. The number of carbonyl (C=O) groups excluding carboxylic acids is 1. The Kier molecular flexibility index (Phi) is 4.76. The number of benzene rings is 1. The summed E-state index contributed by atoms with van der Waals surface area (Å²) in [7, 11) is 0. The van der Waals surface area contributed by atoms with Gasteiger partial charge in [0.15, 0.2) is 0 Å². The molecule has 0 bridgehead atoms. The minimum absolute atomic E-state index is 0.0687. The average molecular weight is 292 g/mol. The van der Waals surface area contributed by atoms with E-state index in [1.165, 1.54) is 12.4 Å². The Morgan fingerprint density at radius 3 is 2.86 bits per heavy atom. The van der Waals surface area contributed by atoms with E-state index in [1.54, 1.807) is 0 Å². The monoisotopic (exact) mass is 292 g/mol. The van der Waals surface area contributed by atoms with Gasteiger partial charge in [-0.05, 0) is 25.1 Å². The molecular weight excluding hydrogens is 278 g/mol. The number of hydrogen-bond donors (Lipinski definition) is 2. The number of hydrogen-bond acceptors (Lipinski definition) is 4. The van der Waals surface area contributed by atoms with Crippen molar-refractivity contribution >= 4 is 11.7 Å². The van der Waals surface area contributed by atoms with Crippen molar-refractivity contribution in [3.8, 4) is 0 Å². The molecule has 2 rings (SSSR count). The van der Waals surface area contributed by atoms with E-state index >= 15 is 0 Å². The highest BCUT2D eigenvalue weighted by molar-refractivity contribution is 5.92. The fourth-order valence-electron chi connectivity index (χ4n) is 1.69. The topological polar surface area (TPSA) is 66.9 Å². The van der Waals surface area contributed by atoms with E-state index in [1.807, 2.05) is 6.92 Å². The van der Waals surface area contributed by atoms with Gasteiger partial charge in [0, 0.05) is 18.7 Å². The first-order valence-corrected chi connectivity index (χ1v) is 6.38. The van der Waals surface area contributed by atoms with E-state index < -0.39 is 17.5 Å². The van der Waals surface area contributed by atoms with Crippen molar-refractivity contribution in [2.75, 3.05) is 11.9 Å². The van der Waals surface area contributed by atoms with Crippen molar-refractivity contribution in [1.29, 1.82) is 0 Å². The third-order valence-electron chi connectivity index (χ3n) is 2.67. The highest BCUT2D eigenvalue weighted by atomic mass is 19.1. The maximum atomic E-state index is 13.4. The Bertz CT molecular complexity index is 649. The smallest absolute Gasteiger partial charge is 0.271 e. The van der Waals surface area contributed by atoms with Gasteiger partial charge in [-0.3, -0.25) is 9.78 Å². The SMILES string of the molecule is CCNc1cncc(C(=O)NCc2cc(F)ccc2F)n1. The van der Waals surface area contributed by atoms with Gasteiger partial charge < -0.3 is 10.6 Å². The minimum Gasteiger partial charge on any atom is -0.369 e. The first-order valence-electron chi connectivity index (χ1n) is 6.38. The summed E-state index contributed by atoms with van der Waals surface area (Å²) < 4.78 is 26.5. The molecule has 110 valence electrons. The molecule has 1 aromatic heterocycles. The average Bonchev–Trinajstić information content (AvgIpc) is 2.48. The maximum Gasteiger partial charge on any atom is 0.271 e. The summed E-state index contributed by atoms with van der Waals surface area (Å²) in [5.74, 6) is -1.17. The van der Waals surface area contributed by atoms with Gasteiger partial charge in [0.2, 0.25) is 0 Å². The number of halogens is 2. The normalized spacial score (nSPS) is 10.2. The lowest BCUT2D eigenvalue weighted by Crippen LogP contribution is -2.25. The molecule has 0 aliphatic rings. The fraction of sp³-hybridized carbons (Fsp3) is 0.214. The summed E-state index contributed by atoms with van der Waals surface area (Å²) in [6.07, 6.45) is 2.80. The molecule has 0 aliphatic heterocycles. The third kappa shape index (κ3) is 3.95. The van der Waals surface area contributed by atoms with Gasteiger partial charge in [-0.15, -0.1) is 0 Å². The Morgan fingerprint density at radius 1 is 1.29 bits per heavy atom. The van der Waals surface area contributed by atoms with E-state index in [4.69, 9.17) is 0 Å². The van der Waals surface area contributed by atoms with Gasteiger partial charge in [-0.2, -0.15) is 0 Å². The second kappa shape index (κ2) is 6.74. The lowest BCUT2D eigenvalue weighted by Gasteiger charge is -2.07. The second-order valence-electron chi connectivity index (χ2n) is 4.24. The molecule has 0 saturated heterocycles. The van der Waals surface area contributed by atoms with Gasteiger partial charge in [-0.25, -0.2) is 13.8 Å². The summed E-state index contributed by atoms with van der Waals surface area (Å²) in [5.41, 5.74) is 0.171. The van der Waals surface area contributed by atoms with Gasteiger partial charge >= 0.3 is 0 Å². The zero-order valence-corrected chi connectivity index (χ0v) is 11.4. The number of carbonyl (C=O) groups is 1. The predicted molar refractivity (Wildman–Crippen MR) is 73.7 cm³/mol. The number of anilines is 1. The van der Waals surface area contributed by atoms with Crippen LogP contribution in [0.2, 0.25) is 0 Å². The van der Waals surface area contributed by atoms with Gasteiger partial charge in [0.1, 0.15) is 23.1 Å². The Labute approximate surface area is 120 Å². The van der Waals surface area contributed by atoms with E-state index in [0.29, 0.717) is 12.4 Å². The van der Waals surface area contributed by atoms with E-state index in [-0.39, 0.29) is 17.8 Å². The largest absolute Gasteiger partial charge is 0.369 e. The van der Waals surface area contributed by atoms with Crippen LogP contribution < -0.4 is 10.6 Å². The Morgan fingerprint density at radius 2 is 2.10 bits per heavy atom. The van der Waals surface area contributed by atoms with E-state index in [9.17, 15) is 13.6 Å². The van der Waals surface area contributed by atoms with Crippen LogP contribution in [-0.2, 0) is 6.54 Å². The summed E-state index contributed by atoms with van der Waals surface area (Å²) in [4.78, 5) is 19.9. The van der Waals surface area contributed by atoms with E-state index in [2.05, 4.69) is 20.6 Å². The standard InChI is InChI=1S/C14H14F2N4O/c1-2-18-13-8-17-7-12(20-13)14(21)19-6-9-5-10(15)3-4-11(9)16/h3-5,7-8H,2,6H2,1H3,(H,18,20)(H,19,21). The van der Waals surface area contributed by atoms with Gasteiger partial charge in [0.25, 0.3) is 5.91 Å². The molecule has 1 aromatic carbocycles. The molecule has 2 aromatic rings. The molecule has 1 heterocycles. The molecule has 0 fully saturated rings. The van der Waals surface area contributed by atoms with Crippen molar-refractivity contribution in [1.82, 2.24) is 15.3 Å². The molecule has 1 amide bonds. The maximum absolute atomic E-state index is 13.4. The highest BCUT2D eigenvalue weighted by Gasteiger charge is 2.10. The van der Waals surface area contributed by atoms with Crippen LogP contribution in [0.15, 0.2) is 30.6 Å². The lowest BCUT2D eigenvalue weighted by atomic mass is 10.2. The third-order valence-corrected chi connectivity index (χ3v) is 2.67. The Hall–Kier alpha value is -2.57. The first-order chi connectivity index (χ1) is 10.1. The fourth-order valence-corrected chi connectivity index (χ4v) is 1.69. The zero-order valence-electron chi connectivity index (χ0n) is 11.4. The van der Waals surface area contributed by atoms with Crippen molar-refractivity contribution in [3.63, 3.8) is 0 Å². The molecule has 5 nitrogen and oxygen atoms in total. The molecular formula is C14H14F2N4O. The van der Waals surface area contributed by atoms with Crippen molar-refractivity contribution in [2.24, 2.45) is 0 Å². The van der Waals surface area contributed by atoms with Crippen LogP contribution in [0.4, 0.5) is 14.6 Å². The molecule has 0 radical (unpaired) electrons. The molecule has 7 heteroatoms. The van der Waals surface area contributed by atoms with E-state index in [0.717, 1.165) is 18.2 Å². The summed E-state index contributed by atoms with van der Waals surface area (Å²) in [6.45, 7) is 2.41. The number of nitrogens with one attached hydrogen (secondary N) is 2. The number of amides is 1. The highest BCUT2D eigenvalue weighted by Crippen LogP contribution is 2.09. The van der Waals surface area contributed by atoms with Crippen molar-refractivity contribution < 1.29 is 13.6 Å². The quantitative estimate of drug-likeness (QED) is 0.886. The summed E-state index contributed by atoms with van der Waals surface area (Å²) in [6, 6.07) is 3.07. The predicted octanol–water partition coefficient (Wildman–Crippen LogP) is 2.12. The number of nitrogens with zero attached hydrogens (tertiary/aromatic N) is 2. The van der Waals surface area contributed by atoms with Crippen LogP contribution in [0.3, 0.4) is 0 Å². The molecule has 0 atom stereocenters. The van der Waals surface area contributed by atoms with Crippen LogP contribution in [0, 0.1) is 11.6 Å². The second-order valence-corrected chi connectivity index (χ2v) is 4.24. The lowest BCUT2D eigenvalue weighted by molar-refractivity contribution is 0.0945. The summed E-state index contributed by atoms with van der Waals surface area (Å²) >= 11 is 0. The van der Waals surface area contributed by atoms with Crippen LogP contribution in [0.25, 0.3) is 0 Å². The molecule has 2 N–H and O–H groups in total. The number of aromatic nitrogens is 2. The minimum atomic E-state index is -0.579. The van der Waals surface area contributed by atoms with Crippen LogP contribution >= 0.6 is 0 Å². The van der Waals surface area contributed by atoms with Gasteiger partial charge in [0.05, 0.1) is 12.4 Å². The van der Waals surface area contributed by atoms with Crippen LogP contribution in [-0.4, -0.2) is 22.4 Å². The van der Waals surface area contributed by atoms with Crippen molar-refractivity contribution in [2.45, 2.75) is 13.5 Å². The zero-order chi connectivity index (χ0) is 15.2. The molecule has 0 spiro atoms. The Balaban J connectivity index is 2.04. The number of rotatable bonds is 5. The van der Waals surface area contributed by atoms with Crippen LogP contribution in [0.5, 0.6) is 0 Å². The van der Waals surface area contributed by atoms with Gasteiger partial charge in [-0.1, -0.05) is 0 Å².